The number of benzene rings is 2. The second-order valence-electron chi connectivity index (χ2n) is 8.22. The molecule has 1 aromatic heterocycles. The molecule has 10 heteroatoms. The van der Waals surface area contributed by atoms with Crippen LogP contribution in [0.25, 0.3) is 11.3 Å². The first-order valence-corrected chi connectivity index (χ1v) is 11.8. The van der Waals surface area contributed by atoms with Crippen molar-refractivity contribution in [1.29, 1.82) is 0 Å². The third-order valence-corrected chi connectivity index (χ3v) is 6.99. The third-order valence-electron chi connectivity index (χ3n) is 5.29. The number of aryl methyl sites for hydroxylation is 1. The monoisotopic (exact) mass is 488 g/mol. The third kappa shape index (κ3) is 4.09. The topological polar surface area (TPSA) is 86.2 Å². The summed E-state index contributed by atoms with van der Waals surface area (Å²) in [5.74, 6) is -4.69. The first-order valence-electron chi connectivity index (χ1n) is 10.1. The maximum absolute atomic E-state index is 15.6. The van der Waals surface area contributed by atoms with E-state index in [4.69, 9.17) is 4.74 Å². The maximum atomic E-state index is 15.6. The van der Waals surface area contributed by atoms with Gasteiger partial charge in [-0.1, -0.05) is 24.3 Å². The van der Waals surface area contributed by atoms with Crippen molar-refractivity contribution >= 4 is 27.0 Å². The Morgan fingerprint density at radius 1 is 1.00 bits per heavy atom. The molecule has 0 saturated heterocycles. The molecule has 2 aromatic carbocycles. The number of hydrogen-bond acceptors (Lipinski definition) is 6. The van der Waals surface area contributed by atoms with Crippen LogP contribution in [-0.2, 0) is 25.1 Å². The van der Waals surface area contributed by atoms with Crippen molar-refractivity contribution in [2.45, 2.75) is 37.0 Å². The molecule has 0 saturated carbocycles. The minimum absolute atomic E-state index is 0.0274. The summed E-state index contributed by atoms with van der Waals surface area (Å²) in [5.41, 5.74) is -1.75. The highest BCUT2D eigenvalue weighted by Gasteiger charge is 2.44. The predicted octanol–water partition coefficient (Wildman–Crippen LogP) is 4.42. The molecule has 0 N–H and O–H groups in total. The van der Waals surface area contributed by atoms with Gasteiger partial charge in [0.15, 0.2) is 21.2 Å². The van der Waals surface area contributed by atoms with Crippen LogP contribution in [-0.4, -0.2) is 29.8 Å². The average Bonchev–Trinajstić information content (AvgIpc) is 2.98. The molecule has 176 valence electrons. The molecule has 0 radical (unpaired) electrons. The Hall–Kier alpha value is -3.53. The summed E-state index contributed by atoms with van der Waals surface area (Å²) in [6.45, 7) is 4.67. The summed E-state index contributed by atoms with van der Waals surface area (Å²) in [7, 11) is -4.59. The minimum Gasteiger partial charge on any atom is -0.477 e. The summed E-state index contributed by atoms with van der Waals surface area (Å²) in [5, 5.41) is 0. The average molecular weight is 488 g/mol. The highest BCUT2D eigenvalue weighted by Crippen LogP contribution is 2.42. The van der Waals surface area contributed by atoms with Gasteiger partial charge in [-0.05, 0) is 39.0 Å². The summed E-state index contributed by atoms with van der Waals surface area (Å²) >= 11 is 0. The van der Waals surface area contributed by atoms with Crippen LogP contribution < -0.4 is 0 Å². The zero-order valence-electron chi connectivity index (χ0n) is 18.4. The Labute approximate surface area is 194 Å². The second-order valence-corrected chi connectivity index (χ2v) is 10.1. The molecule has 0 amide bonds. The quantitative estimate of drug-likeness (QED) is 0.529. The summed E-state index contributed by atoms with van der Waals surface area (Å²) in [6, 6.07) is 7.98. The van der Waals surface area contributed by atoms with E-state index in [2.05, 4.69) is 9.97 Å². The molecule has 0 atom stereocenters. The Morgan fingerprint density at radius 2 is 1.65 bits per heavy atom. The summed E-state index contributed by atoms with van der Waals surface area (Å²) < 4.78 is 75.1. The fraction of sp³-hybridized carbons (Fsp3) is 0.208. The molecule has 1 aliphatic heterocycles. The van der Waals surface area contributed by atoms with Crippen LogP contribution >= 0.6 is 0 Å². The number of ether oxygens (including phenoxy) is 1. The molecule has 4 rings (SSSR count). The first-order chi connectivity index (χ1) is 15.9. The van der Waals surface area contributed by atoms with Crippen LogP contribution in [0.2, 0.25) is 0 Å². The lowest BCUT2D eigenvalue weighted by Crippen LogP contribution is -2.29. The van der Waals surface area contributed by atoms with Crippen LogP contribution in [0.4, 0.5) is 13.2 Å². The van der Waals surface area contributed by atoms with Gasteiger partial charge in [-0.25, -0.2) is 31.6 Å². The molecule has 0 fully saturated rings. The standard InChI is InChI=1S/C24H19F3N2O4S/c1-13-28-11-10-18(29-13)21-19(23(30)24(2,3)33-21)15-7-4-6-14(20(15)27)12-34(31,32)22-16(25)8-5-9-17(22)26/h4-11H,12H2,1-3H3. The SMILES string of the molecule is Cc1nccc(C2=C(c3cccc(CS(=O)(=O)c4c(F)cccc4F)c3F)C(=O)C(C)(C)O2)n1. The van der Waals surface area contributed by atoms with E-state index in [1.165, 1.54) is 44.3 Å². The minimum atomic E-state index is -4.59. The van der Waals surface area contributed by atoms with Crippen LogP contribution in [0, 0.1) is 24.4 Å². The van der Waals surface area contributed by atoms with Gasteiger partial charge in [-0.15, -0.1) is 0 Å². The van der Waals surface area contributed by atoms with Crippen LogP contribution in [0.1, 0.15) is 36.5 Å². The molecule has 0 unspecified atom stereocenters. The Balaban J connectivity index is 1.85. The zero-order chi connectivity index (χ0) is 24.8. The largest absolute Gasteiger partial charge is 0.477 e. The molecule has 0 aliphatic carbocycles. The Kier molecular flexibility index (Phi) is 5.80. The lowest BCUT2D eigenvalue weighted by Gasteiger charge is -2.17. The number of carbonyl (C=O) groups is 1. The lowest BCUT2D eigenvalue weighted by atomic mass is 9.92. The number of rotatable bonds is 5. The molecule has 0 spiro atoms. The van der Waals surface area contributed by atoms with Gasteiger partial charge in [0.2, 0.25) is 5.78 Å². The number of Topliss-reactive ketones (excluding diaryl/α,β-unsaturated/α-hetero) is 1. The Morgan fingerprint density at radius 3 is 2.29 bits per heavy atom. The molecule has 1 aliphatic rings. The number of halogens is 3. The van der Waals surface area contributed by atoms with Crippen molar-refractivity contribution in [2.75, 3.05) is 0 Å². The summed E-state index contributed by atoms with van der Waals surface area (Å²) in [4.78, 5) is 20.3. The fourth-order valence-electron chi connectivity index (χ4n) is 3.71. The Bertz CT molecular complexity index is 1450. The van der Waals surface area contributed by atoms with Gasteiger partial charge in [0.25, 0.3) is 0 Å². The van der Waals surface area contributed by atoms with Crippen LogP contribution in [0.15, 0.2) is 53.6 Å². The van der Waals surface area contributed by atoms with Gasteiger partial charge in [-0.3, -0.25) is 4.79 Å². The number of nitrogens with zero attached hydrogens (tertiary/aromatic N) is 2. The van der Waals surface area contributed by atoms with E-state index in [1.54, 1.807) is 6.92 Å². The van der Waals surface area contributed by atoms with Gasteiger partial charge < -0.3 is 4.74 Å². The molecular weight excluding hydrogens is 469 g/mol. The zero-order valence-corrected chi connectivity index (χ0v) is 19.2. The number of carbonyl (C=O) groups excluding carboxylic acids is 1. The number of sulfone groups is 1. The van der Waals surface area contributed by atoms with Gasteiger partial charge in [0, 0.05) is 17.3 Å². The van der Waals surface area contributed by atoms with E-state index in [0.29, 0.717) is 5.82 Å². The van der Waals surface area contributed by atoms with Crippen molar-refractivity contribution in [3.05, 3.63) is 88.8 Å². The highest BCUT2D eigenvalue weighted by molar-refractivity contribution is 7.90. The van der Waals surface area contributed by atoms with E-state index in [0.717, 1.165) is 18.2 Å². The lowest BCUT2D eigenvalue weighted by molar-refractivity contribution is -0.125. The molecule has 3 aromatic rings. The molecular formula is C24H19F3N2O4S. The first kappa shape index (κ1) is 23.6. The normalized spacial score (nSPS) is 15.5. The van der Waals surface area contributed by atoms with Crippen LogP contribution in [0.3, 0.4) is 0 Å². The summed E-state index contributed by atoms with van der Waals surface area (Å²) in [6.07, 6.45) is 1.46. The van der Waals surface area contributed by atoms with Gasteiger partial charge in [-0.2, -0.15) is 0 Å². The van der Waals surface area contributed by atoms with E-state index < -0.39 is 49.3 Å². The number of ketones is 1. The number of aromatic nitrogens is 2. The van der Waals surface area contributed by atoms with Crippen molar-refractivity contribution in [3.63, 3.8) is 0 Å². The number of hydrogen-bond donors (Lipinski definition) is 0. The molecule has 34 heavy (non-hydrogen) atoms. The molecule has 6 nitrogen and oxygen atoms in total. The van der Waals surface area contributed by atoms with Gasteiger partial charge >= 0.3 is 0 Å². The van der Waals surface area contributed by atoms with Gasteiger partial charge in [0.1, 0.15) is 33.9 Å². The van der Waals surface area contributed by atoms with E-state index in [9.17, 15) is 22.0 Å². The molecule has 0 bridgehead atoms. The fourth-order valence-corrected chi connectivity index (χ4v) is 5.21. The van der Waals surface area contributed by atoms with Gasteiger partial charge in [0.05, 0.1) is 11.3 Å². The van der Waals surface area contributed by atoms with E-state index >= 15 is 4.39 Å². The highest BCUT2D eigenvalue weighted by atomic mass is 32.2. The predicted molar refractivity (Wildman–Crippen MR) is 117 cm³/mol. The van der Waals surface area contributed by atoms with Crippen molar-refractivity contribution < 1.29 is 31.1 Å². The van der Waals surface area contributed by atoms with Crippen molar-refractivity contribution in [2.24, 2.45) is 0 Å². The maximum Gasteiger partial charge on any atom is 0.210 e. The van der Waals surface area contributed by atoms with Crippen LogP contribution in [0.5, 0.6) is 0 Å². The second kappa shape index (κ2) is 8.35. The van der Waals surface area contributed by atoms with E-state index in [-0.39, 0.29) is 28.2 Å². The van der Waals surface area contributed by atoms with E-state index in [1.807, 2.05) is 0 Å². The smallest absolute Gasteiger partial charge is 0.210 e. The van der Waals surface area contributed by atoms with Crippen molar-refractivity contribution in [3.8, 4) is 0 Å². The molecule has 2 heterocycles. The van der Waals surface area contributed by atoms with Crippen molar-refractivity contribution in [1.82, 2.24) is 9.97 Å².